The van der Waals surface area contributed by atoms with Crippen LogP contribution in [0.3, 0.4) is 0 Å². The number of rotatable bonds is 3. The van der Waals surface area contributed by atoms with Crippen molar-refractivity contribution in [3.63, 3.8) is 0 Å². The van der Waals surface area contributed by atoms with E-state index in [4.69, 9.17) is 14.6 Å². The average molecular weight is 320 g/mol. The van der Waals surface area contributed by atoms with Gasteiger partial charge < -0.3 is 9.47 Å². The van der Waals surface area contributed by atoms with Crippen LogP contribution >= 0.6 is 0 Å². The summed E-state index contributed by atoms with van der Waals surface area (Å²) in [5, 5.41) is 4.71. The smallest absolute Gasteiger partial charge is 0.308 e. The second-order valence-corrected chi connectivity index (χ2v) is 5.66. The van der Waals surface area contributed by atoms with Crippen LogP contribution in [0.4, 0.5) is 0 Å². The van der Waals surface area contributed by atoms with Crippen LogP contribution in [0.25, 0.3) is 16.9 Å². The zero-order chi connectivity index (χ0) is 16.7. The SMILES string of the molecule is COc1ccc(-c2nn3c(c2OC(C)=O)Cc2ccccc2-3)cc1. The quantitative estimate of drug-likeness (QED) is 0.543. The molecule has 4 rings (SSSR count). The number of methoxy groups -OCH3 is 1. The minimum Gasteiger partial charge on any atom is -0.497 e. The Bertz CT molecular complexity index is 926. The molecular weight excluding hydrogens is 304 g/mol. The maximum atomic E-state index is 11.6. The molecule has 0 radical (unpaired) electrons. The first-order valence-corrected chi connectivity index (χ1v) is 7.70. The molecule has 0 N–H and O–H groups in total. The highest BCUT2D eigenvalue weighted by atomic mass is 16.5. The second kappa shape index (κ2) is 5.53. The lowest BCUT2D eigenvalue weighted by Gasteiger charge is -2.06. The highest BCUT2D eigenvalue weighted by Gasteiger charge is 2.28. The van der Waals surface area contributed by atoms with Crippen molar-refractivity contribution < 1.29 is 14.3 Å². The van der Waals surface area contributed by atoms with Crippen molar-refractivity contribution in [3.8, 4) is 28.4 Å². The zero-order valence-electron chi connectivity index (χ0n) is 13.4. The lowest BCUT2D eigenvalue weighted by Crippen LogP contribution is -2.03. The fourth-order valence-corrected chi connectivity index (χ4v) is 3.03. The van der Waals surface area contributed by atoms with Gasteiger partial charge in [-0.25, -0.2) is 4.68 Å². The third-order valence-electron chi connectivity index (χ3n) is 4.12. The Balaban J connectivity index is 1.87. The van der Waals surface area contributed by atoms with E-state index >= 15 is 0 Å². The van der Waals surface area contributed by atoms with Gasteiger partial charge in [-0.15, -0.1) is 0 Å². The van der Waals surface area contributed by atoms with Crippen molar-refractivity contribution in [2.45, 2.75) is 13.3 Å². The lowest BCUT2D eigenvalue weighted by atomic mass is 10.1. The molecule has 0 atom stereocenters. The molecule has 2 heterocycles. The van der Waals surface area contributed by atoms with E-state index in [0.717, 1.165) is 22.7 Å². The molecule has 0 saturated carbocycles. The van der Waals surface area contributed by atoms with E-state index in [-0.39, 0.29) is 5.97 Å². The number of nitrogens with zero attached hydrogens (tertiary/aromatic N) is 2. The van der Waals surface area contributed by atoms with Crippen molar-refractivity contribution in [3.05, 3.63) is 59.8 Å². The van der Waals surface area contributed by atoms with Crippen molar-refractivity contribution >= 4 is 5.97 Å². The van der Waals surface area contributed by atoms with Crippen LogP contribution in [-0.4, -0.2) is 22.9 Å². The van der Waals surface area contributed by atoms with Gasteiger partial charge in [0.25, 0.3) is 0 Å². The van der Waals surface area contributed by atoms with Gasteiger partial charge in [0.2, 0.25) is 0 Å². The number of para-hydroxylation sites is 1. The Morgan fingerprint density at radius 1 is 1.12 bits per heavy atom. The summed E-state index contributed by atoms with van der Waals surface area (Å²) >= 11 is 0. The van der Waals surface area contributed by atoms with Gasteiger partial charge in [-0.1, -0.05) is 18.2 Å². The molecule has 0 saturated heterocycles. The van der Waals surface area contributed by atoms with E-state index in [1.54, 1.807) is 7.11 Å². The van der Waals surface area contributed by atoms with E-state index in [1.165, 1.54) is 12.5 Å². The Hall–Kier alpha value is -3.08. The van der Waals surface area contributed by atoms with Crippen LogP contribution in [-0.2, 0) is 11.2 Å². The van der Waals surface area contributed by atoms with Gasteiger partial charge in [0, 0.05) is 18.9 Å². The topological polar surface area (TPSA) is 53.4 Å². The molecule has 0 spiro atoms. The normalized spacial score (nSPS) is 11.8. The Labute approximate surface area is 139 Å². The Morgan fingerprint density at radius 2 is 1.88 bits per heavy atom. The van der Waals surface area contributed by atoms with E-state index in [9.17, 15) is 4.79 Å². The summed E-state index contributed by atoms with van der Waals surface area (Å²) < 4.78 is 12.6. The third-order valence-corrected chi connectivity index (χ3v) is 4.12. The van der Waals surface area contributed by atoms with Gasteiger partial charge in [-0.2, -0.15) is 5.10 Å². The molecule has 0 aliphatic carbocycles. The number of carbonyl (C=O) groups excluding carboxylic acids is 1. The number of benzene rings is 2. The second-order valence-electron chi connectivity index (χ2n) is 5.66. The third kappa shape index (κ3) is 2.25. The molecule has 5 nitrogen and oxygen atoms in total. The van der Waals surface area contributed by atoms with Crippen molar-refractivity contribution in [1.29, 1.82) is 0 Å². The molecule has 120 valence electrons. The fourth-order valence-electron chi connectivity index (χ4n) is 3.03. The van der Waals surface area contributed by atoms with Crippen molar-refractivity contribution in [2.24, 2.45) is 0 Å². The van der Waals surface area contributed by atoms with Crippen LogP contribution in [0.1, 0.15) is 18.2 Å². The molecule has 0 bridgehead atoms. The number of carbonyl (C=O) groups is 1. The summed E-state index contributed by atoms with van der Waals surface area (Å²) in [5.41, 5.74) is 4.65. The molecule has 24 heavy (non-hydrogen) atoms. The highest BCUT2D eigenvalue weighted by molar-refractivity contribution is 5.77. The number of fused-ring (bicyclic) bond motifs is 3. The van der Waals surface area contributed by atoms with Crippen LogP contribution in [0, 0.1) is 0 Å². The Kier molecular flexibility index (Phi) is 3.34. The monoisotopic (exact) mass is 320 g/mol. The maximum Gasteiger partial charge on any atom is 0.308 e. The Morgan fingerprint density at radius 3 is 2.58 bits per heavy atom. The minimum absolute atomic E-state index is 0.350. The van der Waals surface area contributed by atoms with Gasteiger partial charge in [0.1, 0.15) is 11.4 Å². The van der Waals surface area contributed by atoms with Crippen molar-refractivity contribution in [1.82, 2.24) is 9.78 Å². The average Bonchev–Trinajstić information content (AvgIpc) is 3.12. The summed E-state index contributed by atoms with van der Waals surface area (Å²) in [7, 11) is 1.63. The largest absolute Gasteiger partial charge is 0.497 e. The van der Waals surface area contributed by atoms with Gasteiger partial charge in [-0.3, -0.25) is 4.79 Å². The number of ether oxygens (including phenoxy) is 2. The molecule has 5 heteroatoms. The van der Waals surface area contributed by atoms with Gasteiger partial charge in [0.05, 0.1) is 18.5 Å². The summed E-state index contributed by atoms with van der Waals surface area (Å²) in [6.07, 6.45) is 0.696. The molecule has 1 aliphatic heterocycles. The van der Waals surface area contributed by atoms with Crippen LogP contribution < -0.4 is 9.47 Å². The first kappa shape index (κ1) is 14.5. The standard InChI is InChI=1S/C19H16N2O3/c1-12(22)24-19-17-11-14-5-3-4-6-16(14)21(17)20-18(19)13-7-9-15(23-2)10-8-13/h3-10H,11H2,1-2H3. The first-order valence-electron chi connectivity index (χ1n) is 7.70. The highest BCUT2D eigenvalue weighted by Crippen LogP contribution is 2.40. The number of aromatic nitrogens is 2. The molecular formula is C19H16N2O3. The van der Waals surface area contributed by atoms with E-state index in [2.05, 4.69) is 6.07 Å². The zero-order valence-corrected chi connectivity index (χ0v) is 13.4. The van der Waals surface area contributed by atoms with Gasteiger partial charge in [0.15, 0.2) is 5.75 Å². The molecule has 1 aliphatic rings. The predicted molar refractivity (Wildman–Crippen MR) is 89.7 cm³/mol. The first-order chi connectivity index (χ1) is 11.7. The fraction of sp³-hybridized carbons (Fsp3) is 0.158. The molecule has 0 unspecified atom stereocenters. The predicted octanol–water partition coefficient (Wildman–Crippen LogP) is 3.38. The molecule has 0 fully saturated rings. The molecule has 3 aromatic rings. The number of hydrogen-bond acceptors (Lipinski definition) is 4. The summed E-state index contributed by atoms with van der Waals surface area (Å²) in [6, 6.07) is 15.6. The van der Waals surface area contributed by atoms with Gasteiger partial charge in [-0.05, 0) is 35.9 Å². The lowest BCUT2D eigenvalue weighted by molar-refractivity contribution is -0.131. The number of esters is 1. The summed E-state index contributed by atoms with van der Waals surface area (Å²) in [5.74, 6) is 0.949. The van der Waals surface area contributed by atoms with Crippen molar-refractivity contribution in [2.75, 3.05) is 7.11 Å². The van der Waals surface area contributed by atoms with Crippen LogP contribution in [0.2, 0.25) is 0 Å². The minimum atomic E-state index is -0.350. The van der Waals surface area contributed by atoms with E-state index in [0.29, 0.717) is 17.9 Å². The molecule has 2 aromatic carbocycles. The van der Waals surface area contributed by atoms with Crippen LogP contribution in [0.5, 0.6) is 11.5 Å². The maximum absolute atomic E-state index is 11.6. The van der Waals surface area contributed by atoms with E-state index in [1.807, 2.05) is 47.1 Å². The molecule has 1 aromatic heterocycles. The number of hydrogen-bond donors (Lipinski definition) is 0. The van der Waals surface area contributed by atoms with Crippen LogP contribution in [0.15, 0.2) is 48.5 Å². The summed E-state index contributed by atoms with van der Waals surface area (Å²) in [6.45, 7) is 1.41. The summed E-state index contributed by atoms with van der Waals surface area (Å²) in [4.78, 5) is 11.6. The molecule has 0 amide bonds. The van der Waals surface area contributed by atoms with E-state index < -0.39 is 0 Å². The van der Waals surface area contributed by atoms with Gasteiger partial charge >= 0.3 is 5.97 Å².